The Kier molecular flexibility index (Phi) is 6.76. The first-order valence-corrected chi connectivity index (χ1v) is 13.8. The molecule has 3 heteroatoms. The molecular weight excluding hydrogens is 466 g/mol. The van der Waals surface area contributed by atoms with E-state index in [0.29, 0.717) is 24.2 Å². The number of likely N-dealkylation sites (tertiary alicyclic amines) is 1. The molecule has 38 heavy (non-hydrogen) atoms. The smallest absolute Gasteiger partial charge is 0.227 e. The van der Waals surface area contributed by atoms with E-state index >= 15 is 0 Å². The maximum atomic E-state index is 13.8. The fourth-order valence-corrected chi connectivity index (χ4v) is 7.34. The summed E-state index contributed by atoms with van der Waals surface area (Å²) in [6, 6.07) is 40.9. The van der Waals surface area contributed by atoms with Crippen LogP contribution in [0.25, 0.3) is 0 Å². The summed E-state index contributed by atoms with van der Waals surface area (Å²) in [6.07, 6.45) is 2.53. The maximum absolute atomic E-state index is 13.8. The van der Waals surface area contributed by atoms with Crippen molar-refractivity contribution in [3.8, 4) is 5.75 Å². The summed E-state index contributed by atoms with van der Waals surface area (Å²) in [5.41, 5.74) is 4.96. The molecule has 1 amide bonds. The molecule has 4 aromatic rings. The van der Waals surface area contributed by atoms with Crippen molar-refractivity contribution < 1.29 is 9.53 Å². The molecule has 1 saturated heterocycles. The molecule has 3 atom stereocenters. The lowest BCUT2D eigenvalue weighted by Crippen LogP contribution is -2.46. The van der Waals surface area contributed by atoms with Crippen LogP contribution in [0.2, 0.25) is 0 Å². The molecule has 0 bridgehead atoms. The molecule has 1 saturated carbocycles. The normalized spacial score (nSPS) is 22.0. The van der Waals surface area contributed by atoms with Crippen molar-refractivity contribution in [1.29, 1.82) is 0 Å². The minimum atomic E-state index is -0.127. The highest BCUT2D eigenvalue weighted by Gasteiger charge is 2.55. The number of hydrogen-bond acceptors (Lipinski definition) is 2. The summed E-state index contributed by atoms with van der Waals surface area (Å²) in [5.74, 6) is 2.11. The van der Waals surface area contributed by atoms with Crippen LogP contribution in [0.3, 0.4) is 0 Å². The highest BCUT2D eigenvalue weighted by atomic mass is 16.5. The van der Waals surface area contributed by atoms with Crippen molar-refractivity contribution >= 4 is 5.91 Å². The molecule has 1 aliphatic carbocycles. The third kappa shape index (κ3) is 4.30. The SMILES string of the molecule is COc1ccccc1CC(=O)N1C[C@H]2[C@@H](c3ccccc3)CCC(c3ccccc3)(c3ccccc3)[C@H]2C1. The fourth-order valence-electron chi connectivity index (χ4n) is 7.34. The third-order valence-corrected chi connectivity index (χ3v) is 9.06. The number of amides is 1. The maximum Gasteiger partial charge on any atom is 0.227 e. The number of benzene rings is 4. The van der Waals surface area contributed by atoms with Crippen LogP contribution in [0.15, 0.2) is 115 Å². The van der Waals surface area contributed by atoms with E-state index in [1.54, 1.807) is 7.11 Å². The van der Waals surface area contributed by atoms with E-state index in [4.69, 9.17) is 4.74 Å². The van der Waals surface area contributed by atoms with E-state index in [1.165, 1.54) is 16.7 Å². The first-order chi connectivity index (χ1) is 18.7. The lowest BCUT2D eigenvalue weighted by atomic mass is 9.53. The Labute approximate surface area is 226 Å². The van der Waals surface area contributed by atoms with Gasteiger partial charge in [-0.1, -0.05) is 109 Å². The topological polar surface area (TPSA) is 29.5 Å². The summed E-state index contributed by atoms with van der Waals surface area (Å²) < 4.78 is 5.56. The van der Waals surface area contributed by atoms with Crippen molar-refractivity contribution in [2.45, 2.75) is 30.6 Å². The molecule has 0 radical (unpaired) electrons. The molecule has 2 fully saturated rings. The van der Waals surface area contributed by atoms with Crippen LogP contribution in [0.5, 0.6) is 5.75 Å². The molecule has 0 unspecified atom stereocenters. The van der Waals surface area contributed by atoms with E-state index in [9.17, 15) is 4.79 Å². The Balaban J connectivity index is 1.41. The van der Waals surface area contributed by atoms with Crippen molar-refractivity contribution in [2.24, 2.45) is 11.8 Å². The zero-order valence-corrected chi connectivity index (χ0v) is 22.0. The van der Waals surface area contributed by atoms with Gasteiger partial charge < -0.3 is 9.64 Å². The summed E-state index contributed by atoms with van der Waals surface area (Å²) in [7, 11) is 1.67. The van der Waals surface area contributed by atoms with Gasteiger partial charge in [-0.3, -0.25) is 4.79 Å². The summed E-state index contributed by atoms with van der Waals surface area (Å²) >= 11 is 0. The lowest BCUT2D eigenvalue weighted by molar-refractivity contribution is -0.129. The number of methoxy groups -OCH3 is 1. The fraction of sp³-hybridized carbons (Fsp3) is 0.286. The van der Waals surface area contributed by atoms with Gasteiger partial charge in [-0.15, -0.1) is 0 Å². The Bertz CT molecular complexity index is 1330. The summed E-state index contributed by atoms with van der Waals surface area (Å²) in [6.45, 7) is 1.56. The van der Waals surface area contributed by atoms with Crippen molar-refractivity contribution in [2.75, 3.05) is 20.2 Å². The average molecular weight is 502 g/mol. The van der Waals surface area contributed by atoms with E-state index in [2.05, 4.69) is 95.9 Å². The Morgan fingerprint density at radius 3 is 2.00 bits per heavy atom. The molecule has 0 spiro atoms. The van der Waals surface area contributed by atoms with Crippen LogP contribution < -0.4 is 4.74 Å². The summed E-state index contributed by atoms with van der Waals surface area (Å²) in [5, 5.41) is 0. The van der Waals surface area contributed by atoms with Crippen molar-refractivity contribution in [1.82, 2.24) is 4.90 Å². The number of fused-ring (bicyclic) bond motifs is 1. The van der Waals surface area contributed by atoms with Crippen LogP contribution in [-0.2, 0) is 16.6 Å². The largest absolute Gasteiger partial charge is 0.496 e. The van der Waals surface area contributed by atoms with Crippen LogP contribution >= 0.6 is 0 Å². The van der Waals surface area contributed by atoms with Crippen LogP contribution in [0, 0.1) is 11.8 Å². The zero-order valence-electron chi connectivity index (χ0n) is 22.0. The summed E-state index contributed by atoms with van der Waals surface area (Å²) in [4.78, 5) is 16.0. The van der Waals surface area contributed by atoms with Gasteiger partial charge >= 0.3 is 0 Å². The Hall–Kier alpha value is -3.85. The third-order valence-electron chi connectivity index (χ3n) is 9.06. The van der Waals surface area contributed by atoms with Gasteiger partial charge in [-0.05, 0) is 53.4 Å². The van der Waals surface area contributed by atoms with Gasteiger partial charge in [0.2, 0.25) is 5.91 Å². The second kappa shape index (κ2) is 10.5. The van der Waals surface area contributed by atoms with Crippen LogP contribution in [-0.4, -0.2) is 31.0 Å². The number of rotatable bonds is 6. The standard InChI is InChI=1S/C35H35NO2/c1-38-33-20-12-11-15-27(33)23-34(37)36-24-31-30(26-13-5-2-6-14-26)21-22-35(32(31)25-36,28-16-7-3-8-17-28)29-18-9-4-10-19-29/h2-20,30-32H,21-25H2,1H3/t30-,31+,32+/m1/s1. The van der Waals surface area contributed by atoms with E-state index in [0.717, 1.165) is 37.2 Å². The molecule has 3 nitrogen and oxygen atoms in total. The van der Waals surface area contributed by atoms with Gasteiger partial charge in [-0.25, -0.2) is 0 Å². The number of carbonyl (C=O) groups excluding carboxylic acids is 1. The van der Waals surface area contributed by atoms with Gasteiger partial charge in [0.05, 0.1) is 13.5 Å². The molecule has 192 valence electrons. The van der Waals surface area contributed by atoms with E-state index < -0.39 is 0 Å². The number of nitrogens with zero attached hydrogens (tertiary/aromatic N) is 1. The average Bonchev–Trinajstić information content (AvgIpc) is 3.45. The highest BCUT2D eigenvalue weighted by Crippen LogP contribution is 2.57. The minimum absolute atomic E-state index is 0.127. The molecular formula is C35H35NO2. The molecule has 1 heterocycles. The predicted octanol–water partition coefficient (Wildman–Crippen LogP) is 6.88. The number of carbonyl (C=O) groups is 1. The second-order valence-electron chi connectivity index (χ2n) is 10.8. The molecule has 1 aliphatic heterocycles. The molecule has 6 rings (SSSR count). The molecule has 0 aromatic heterocycles. The van der Waals surface area contributed by atoms with Crippen LogP contribution in [0.1, 0.15) is 41.0 Å². The zero-order chi connectivity index (χ0) is 26.0. The van der Waals surface area contributed by atoms with Gasteiger partial charge in [0, 0.05) is 24.1 Å². The van der Waals surface area contributed by atoms with Crippen molar-refractivity contribution in [3.05, 3.63) is 138 Å². The lowest BCUT2D eigenvalue weighted by Gasteiger charge is -2.49. The first kappa shape index (κ1) is 24.5. The Morgan fingerprint density at radius 1 is 0.789 bits per heavy atom. The molecule has 0 N–H and O–H groups in total. The quantitative estimate of drug-likeness (QED) is 0.288. The first-order valence-electron chi connectivity index (χ1n) is 13.8. The van der Waals surface area contributed by atoms with E-state index in [1.807, 2.05) is 24.3 Å². The minimum Gasteiger partial charge on any atom is -0.496 e. The highest BCUT2D eigenvalue weighted by molar-refractivity contribution is 5.80. The van der Waals surface area contributed by atoms with Crippen LogP contribution in [0.4, 0.5) is 0 Å². The number of ether oxygens (including phenoxy) is 1. The van der Waals surface area contributed by atoms with Gasteiger partial charge in [0.1, 0.15) is 5.75 Å². The molecule has 2 aliphatic rings. The monoisotopic (exact) mass is 501 g/mol. The van der Waals surface area contributed by atoms with Crippen molar-refractivity contribution in [3.63, 3.8) is 0 Å². The second-order valence-corrected chi connectivity index (χ2v) is 10.8. The number of para-hydroxylation sites is 1. The van der Waals surface area contributed by atoms with E-state index in [-0.39, 0.29) is 11.3 Å². The van der Waals surface area contributed by atoms with Gasteiger partial charge in [0.25, 0.3) is 0 Å². The Morgan fingerprint density at radius 2 is 1.37 bits per heavy atom. The van der Waals surface area contributed by atoms with Gasteiger partial charge in [-0.2, -0.15) is 0 Å². The van der Waals surface area contributed by atoms with Gasteiger partial charge in [0.15, 0.2) is 0 Å². The molecule has 4 aromatic carbocycles. The predicted molar refractivity (Wildman–Crippen MR) is 152 cm³/mol. The number of hydrogen-bond donors (Lipinski definition) is 0.